The van der Waals surface area contributed by atoms with Gasteiger partial charge in [0.2, 0.25) is 5.91 Å². The van der Waals surface area contributed by atoms with Crippen molar-refractivity contribution in [1.82, 2.24) is 20.3 Å². The van der Waals surface area contributed by atoms with Crippen LogP contribution in [0.4, 0.5) is 11.4 Å². The molecule has 1 N–H and O–H groups in total. The fourth-order valence-corrected chi connectivity index (χ4v) is 3.67. The van der Waals surface area contributed by atoms with E-state index in [2.05, 4.69) is 54.3 Å². The van der Waals surface area contributed by atoms with E-state index in [1.165, 1.54) is 0 Å². The van der Waals surface area contributed by atoms with Gasteiger partial charge in [0.1, 0.15) is 5.52 Å². The quantitative estimate of drug-likeness (QED) is 0.722. The number of nitrogens with one attached hydrogen (secondary N) is 1. The fraction of sp³-hybridized carbons (Fsp3) is 0.364. The first-order chi connectivity index (χ1) is 14.1. The Labute approximate surface area is 170 Å². The molecule has 3 heterocycles. The monoisotopic (exact) mass is 390 g/mol. The smallest absolute Gasteiger partial charge is 0.223 e. The van der Waals surface area contributed by atoms with Crippen LogP contribution in [0.2, 0.25) is 0 Å². The van der Waals surface area contributed by atoms with E-state index in [1.807, 2.05) is 26.4 Å². The van der Waals surface area contributed by atoms with Crippen molar-refractivity contribution in [3.63, 3.8) is 0 Å². The maximum absolute atomic E-state index is 12.6. The number of hydrogen-bond acceptors (Lipinski definition) is 6. The molecule has 3 aromatic rings. The highest BCUT2D eigenvalue weighted by atomic mass is 16.1. The molecule has 0 aliphatic carbocycles. The molecule has 0 unspecified atom stereocenters. The van der Waals surface area contributed by atoms with E-state index in [1.54, 1.807) is 12.4 Å². The minimum Gasteiger partial charge on any atom is -0.378 e. The molecule has 0 saturated carbocycles. The molecule has 1 fully saturated rings. The molecular formula is C22H26N6O. The number of benzene rings is 1. The molecule has 1 aliphatic rings. The number of aromatic nitrogens is 3. The predicted octanol–water partition coefficient (Wildman–Crippen LogP) is 2.62. The lowest BCUT2D eigenvalue weighted by molar-refractivity contribution is -0.125. The van der Waals surface area contributed by atoms with Crippen molar-refractivity contribution >= 4 is 28.4 Å². The topological polar surface area (TPSA) is 74.2 Å². The van der Waals surface area contributed by atoms with Gasteiger partial charge >= 0.3 is 0 Å². The lowest BCUT2D eigenvalue weighted by Crippen LogP contribution is -2.40. The Balaban J connectivity index is 1.29. The number of hydrogen-bond donors (Lipinski definition) is 1. The maximum atomic E-state index is 12.6. The molecule has 0 spiro atoms. The number of fused-ring (bicyclic) bond motifs is 1. The zero-order chi connectivity index (χ0) is 20.2. The Morgan fingerprint density at radius 2 is 1.83 bits per heavy atom. The number of carbonyl (C=O) groups is 1. The molecule has 1 aromatic carbocycles. The molecular weight excluding hydrogens is 364 g/mol. The highest BCUT2D eigenvalue weighted by molar-refractivity contribution is 5.79. The summed E-state index contributed by atoms with van der Waals surface area (Å²) >= 11 is 0. The van der Waals surface area contributed by atoms with E-state index in [0.29, 0.717) is 12.2 Å². The van der Waals surface area contributed by atoms with Crippen LogP contribution in [0.25, 0.3) is 11.2 Å². The summed E-state index contributed by atoms with van der Waals surface area (Å²) < 4.78 is 0. The van der Waals surface area contributed by atoms with Crippen molar-refractivity contribution in [1.29, 1.82) is 0 Å². The molecule has 1 amide bonds. The lowest BCUT2D eigenvalue weighted by Gasteiger charge is -2.32. The lowest BCUT2D eigenvalue weighted by atomic mass is 9.95. The van der Waals surface area contributed by atoms with Crippen LogP contribution in [0.3, 0.4) is 0 Å². The first kappa shape index (κ1) is 19.1. The van der Waals surface area contributed by atoms with Gasteiger partial charge in [0.25, 0.3) is 0 Å². The summed E-state index contributed by atoms with van der Waals surface area (Å²) in [5.74, 6) is 0.198. The van der Waals surface area contributed by atoms with Crippen LogP contribution in [0.1, 0.15) is 18.4 Å². The highest BCUT2D eigenvalue weighted by Crippen LogP contribution is 2.24. The third-order valence-corrected chi connectivity index (χ3v) is 5.46. The van der Waals surface area contributed by atoms with Crippen LogP contribution in [-0.4, -0.2) is 48.0 Å². The molecule has 7 heteroatoms. The van der Waals surface area contributed by atoms with Gasteiger partial charge in [-0.1, -0.05) is 12.1 Å². The van der Waals surface area contributed by atoms with Crippen molar-refractivity contribution in [2.24, 2.45) is 5.92 Å². The fourth-order valence-electron chi connectivity index (χ4n) is 3.67. The molecule has 7 nitrogen and oxygen atoms in total. The Hall–Kier alpha value is -3.22. The first-order valence-corrected chi connectivity index (χ1v) is 9.96. The Bertz CT molecular complexity index is 980. The van der Waals surface area contributed by atoms with E-state index in [-0.39, 0.29) is 11.8 Å². The molecule has 1 saturated heterocycles. The number of pyridine rings is 1. The summed E-state index contributed by atoms with van der Waals surface area (Å²) in [5, 5.41) is 3.09. The molecule has 2 aromatic heterocycles. The van der Waals surface area contributed by atoms with Gasteiger partial charge in [-0.05, 0) is 36.6 Å². The summed E-state index contributed by atoms with van der Waals surface area (Å²) in [6.07, 6.45) is 6.84. The maximum Gasteiger partial charge on any atom is 0.223 e. The Morgan fingerprint density at radius 1 is 1.10 bits per heavy atom. The number of carbonyl (C=O) groups excluding carboxylic acids is 1. The van der Waals surface area contributed by atoms with Gasteiger partial charge in [0.15, 0.2) is 5.65 Å². The largest absolute Gasteiger partial charge is 0.378 e. The average Bonchev–Trinajstić information content (AvgIpc) is 2.77. The minimum absolute atomic E-state index is 0.0560. The van der Waals surface area contributed by atoms with E-state index in [0.717, 1.165) is 48.4 Å². The van der Waals surface area contributed by atoms with Gasteiger partial charge < -0.3 is 15.1 Å². The summed E-state index contributed by atoms with van der Waals surface area (Å²) in [6, 6.07) is 10.3. The van der Waals surface area contributed by atoms with Crippen molar-refractivity contribution in [3.8, 4) is 0 Å². The molecule has 150 valence electrons. The van der Waals surface area contributed by atoms with Crippen molar-refractivity contribution in [2.45, 2.75) is 19.4 Å². The molecule has 0 atom stereocenters. The van der Waals surface area contributed by atoms with E-state index in [4.69, 9.17) is 0 Å². The summed E-state index contributed by atoms with van der Waals surface area (Å²) in [7, 11) is 4.04. The number of piperidine rings is 1. The van der Waals surface area contributed by atoms with Crippen molar-refractivity contribution in [3.05, 3.63) is 54.5 Å². The van der Waals surface area contributed by atoms with Gasteiger partial charge in [-0.3, -0.25) is 9.78 Å². The standard InChI is InChI=1S/C22H26N6O/c1-27(2)18-5-3-16(4-6-18)14-26-22(29)17-7-11-28(12-8-17)19-13-20-21(25-15-19)24-10-9-23-20/h3-6,9-10,13,15,17H,7-8,11-12,14H2,1-2H3,(H,26,29). The number of amides is 1. The zero-order valence-electron chi connectivity index (χ0n) is 16.9. The third kappa shape index (κ3) is 4.45. The zero-order valence-corrected chi connectivity index (χ0v) is 16.9. The Morgan fingerprint density at radius 3 is 2.55 bits per heavy atom. The number of anilines is 2. The highest BCUT2D eigenvalue weighted by Gasteiger charge is 2.25. The average molecular weight is 390 g/mol. The van der Waals surface area contributed by atoms with Gasteiger partial charge in [0.05, 0.1) is 11.9 Å². The van der Waals surface area contributed by atoms with Crippen LogP contribution < -0.4 is 15.1 Å². The van der Waals surface area contributed by atoms with Crippen molar-refractivity contribution < 1.29 is 4.79 Å². The normalized spacial score (nSPS) is 14.8. The van der Waals surface area contributed by atoms with Gasteiger partial charge in [-0.25, -0.2) is 9.97 Å². The summed E-state index contributed by atoms with van der Waals surface area (Å²) in [6.45, 7) is 2.24. The van der Waals surface area contributed by atoms with E-state index in [9.17, 15) is 4.79 Å². The molecule has 4 rings (SSSR count). The number of nitrogens with zero attached hydrogens (tertiary/aromatic N) is 5. The molecule has 0 bridgehead atoms. The third-order valence-electron chi connectivity index (χ3n) is 5.46. The predicted molar refractivity (Wildman–Crippen MR) is 115 cm³/mol. The molecule has 29 heavy (non-hydrogen) atoms. The van der Waals surface area contributed by atoms with E-state index >= 15 is 0 Å². The summed E-state index contributed by atoms with van der Waals surface area (Å²) in [4.78, 5) is 29.9. The van der Waals surface area contributed by atoms with Gasteiger partial charge in [-0.2, -0.15) is 0 Å². The summed E-state index contributed by atoms with van der Waals surface area (Å²) in [5.41, 5.74) is 4.76. The Kier molecular flexibility index (Phi) is 5.55. The van der Waals surface area contributed by atoms with Gasteiger partial charge in [-0.15, -0.1) is 0 Å². The van der Waals surface area contributed by atoms with Crippen LogP contribution in [0.15, 0.2) is 48.9 Å². The van der Waals surface area contributed by atoms with Crippen LogP contribution in [-0.2, 0) is 11.3 Å². The van der Waals surface area contributed by atoms with Crippen LogP contribution in [0.5, 0.6) is 0 Å². The second kappa shape index (κ2) is 8.43. The molecule has 0 radical (unpaired) electrons. The van der Waals surface area contributed by atoms with Gasteiger partial charge in [0, 0.05) is 57.7 Å². The van der Waals surface area contributed by atoms with Crippen LogP contribution >= 0.6 is 0 Å². The second-order valence-corrected chi connectivity index (χ2v) is 7.63. The SMILES string of the molecule is CN(C)c1ccc(CNC(=O)C2CCN(c3cnc4nccnc4c3)CC2)cc1. The van der Waals surface area contributed by atoms with Crippen LogP contribution in [0, 0.1) is 5.92 Å². The minimum atomic E-state index is 0.0560. The van der Waals surface area contributed by atoms with Crippen molar-refractivity contribution in [2.75, 3.05) is 37.0 Å². The second-order valence-electron chi connectivity index (χ2n) is 7.63. The van der Waals surface area contributed by atoms with E-state index < -0.39 is 0 Å². The molecule has 1 aliphatic heterocycles. The number of rotatable bonds is 5. The first-order valence-electron chi connectivity index (χ1n) is 9.96.